The minimum absolute atomic E-state index is 0.0366. The van der Waals surface area contributed by atoms with Crippen molar-refractivity contribution in [2.24, 2.45) is 5.41 Å². The Kier molecular flexibility index (Phi) is 3.84. The first kappa shape index (κ1) is 13.6. The molecule has 0 aliphatic heterocycles. The lowest BCUT2D eigenvalue weighted by molar-refractivity contribution is -0.117. The van der Waals surface area contributed by atoms with Gasteiger partial charge in [0.1, 0.15) is 0 Å². The van der Waals surface area contributed by atoms with Gasteiger partial charge in [-0.3, -0.25) is 4.79 Å². The zero-order chi connectivity index (χ0) is 13.3. The van der Waals surface area contributed by atoms with Crippen LogP contribution in [-0.2, 0) is 11.2 Å². The molecule has 0 radical (unpaired) electrons. The van der Waals surface area contributed by atoms with Crippen molar-refractivity contribution >= 4 is 29.0 Å². The van der Waals surface area contributed by atoms with Crippen LogP contribution in [0.5, 0.6) is 0 Å². The number of benzene rings is 1. The van der Waals surface area contributed by atoms with Crippen molar-refractivity contribution in [3.05, 3.63) is 45.5 Å². The fraction of sp³-hybridized carbons (Fsp3) is 0.400. The number of ketones is 1. The summed E-state index contributed by atoms with van der Waals surface area (Å²) in [5, 5.41) is 1.33. The van der Waals surface area contributed by atoms with Crippen molar-refractivity contribution < 1.29 is 4.79 Å². The topological polar surface area (TPSA) is 17.1 Å². The molecule has 96 valence electrons. The summed E-state index contributed by atoms with van der Waals surface area (Å²) in [6.45, 7) is 4.23. The normalized spacial score (nSPS) is 18.7. The molecule has 0 unspecified atom stereocenters. The molecule has 0 saturated carbocycles. The fourth-order valence-electron chi connectivity index (χ4n) is 2.52. The van der Waals surface area contributed by atoms with Gasteiger partial charge in [-0.25, -0.2) is 0 Å². The van der Waals surface area contributed by atoms with Crippen LogP contribution in [0.4, 0.5) is 0 Å². The van der Waals surface area contributed by atoms with E-state index in [1.165, 1.54) is 0 Å². The number of carbonyl (C=O) groups is 1. The van der Waals surface area contributed by atoms with E-state index in [0.717, 1.165) is 17.6 Å². The van der Waals surface area contributed by atoms with Crippen LogP contribution < -0.4 is 0 Å². The van der Waals surface area contributed by atoms with Crippen molar-refractivity contribution in [2.75, 3.05) is 0 Å². The maximum Gasteiger partial charge on any atom is 0.156 e. The summed E-state index contributed by atoms with van der Waals surface area (Å²) in [6.07, 6.45) is 3.95. The van der Waals surface area contributed by atoms with Gasteiger partial charge in [0.15, 0.2) is 5.78 Å². The summed E-state index contributed by atoms with van der Waals surface area (Å²) in [5.74, 6) is 0.199. The lowest BCUT2D eigenvalue weighted by Gasteiger charge is -2.29. The second-order valence-corrected chi connectivity index (χ2v) is 6.48. The van der Waals surface area contributed by atoms with E-state index in [0.29, 0.717) is 22.9 Å². The van der Waals surface area contributed by atoms with E-state index in [4.69, 9.17) is 23.2 Å². The standard InChI is InChI=1S/C15H16Cl2O/c1-15(2)8-10(6-11(18)9-15)7-12-13(16)4-3-5-14(12)17/h3-6H,7-9H2,1-2H3. The van der Waals surface area contributed by atoms with Crippen LogP contribution in [0.15, 0.2) is 29.8 Å². The van der Waals surface area contributed by atoms with Gasteiger partial charge in [0.2, 0.25) is 0 Å². The van der Waals surface area contributed by atoms with Crippen molar-refractivity contribution in [3.63, 3.8) is 0 Å². The highest BCUT2D eigenvalue weighted by Gasteiger charge is 2.27. The Hall–Kier alpha value is -0.790. The molecular formula is C15H16Cl2O. The number of allylic oxidation sites excluding steroid dienone is 2. The van der Waals surface area contributed by atoms with Crippen LogP contribution in [0.25, 0.3) is 0 Å². The minimum atomic E-state index is 0.0366. The highest BCUT2D eigenvalue weighted by Crippen LogP contribution is 2.36. The molecule has 1 aromatic rings. The predicted octanol–water partition coefficient (Wildman–Crippen LogP) is 4.85. The molecule has 0 atom stereocenters. The molecule has 2 rings (SSSR count). The Bertz CT molecular complexity index is 495. The van der Waals surface area contributed by atoms with Crippen molar-refractivity contribution in [1.82, 2.24) is 0 Å². The average molecular weight is 283 g/mol. The molecule has 0 heterocycles. The first-order valence-electron chi connectivity index (χ1n) is 6.02. The quantitative estimate of drug-likeness (QED) is 0.758. The molecule has 0 aromatic heterocycles. The number of hydrogen-bond donors (Lipinski definition) is 0. The maximum absolute atomic E-state index is 11.7. The lowest BCUT2D eigenvalue weighted by atomic mass is 9.75. The van der Waals surface area contributed by atoms with Crippen molar-refractivity contribution in [1.29, 1.82) is 0 Å². The number of rotatable bonds is 2. The van der Waals surface area contributed by atoms with E-state index in [9.17, 15) is 4.79 Å². The Morgan fingerprint density at radius 2 is 1.78 bits per heavy atom. The molecule has 18 heavy (non-hydrogen) atoms. The highest BCUT2D eigenvalue weighted by molar-refractivity contribution is 6.36. The Morgan fingerprint density at radius 3 is 2.33 bits per heavy atom. The summed E-state index contributed by atoms with van der Waals surface area (Å²) in [4.78, 5) is 11.7. The summed E-state index contributed by atoms with van der Waals surface area (Å²) in [6, 6.07) is 5.50. The van der Waals surface area contributed by atoms with Crippen LogP contribution in [0.1, 0.15) is 32.3 Å². The molecule has 0 amide bonds. The number of halogens is 2. The fourth-order valence-corrected chi connectivity index (χ4v) is 3.05. The van der Waals surface area contributed by atoms with E-state index < -0.39 is 0 Å². The van der Waals surface area contributed by atoms with E-state index in [-0.39, 0.29) is 11.2 Å². The Labute approximate surface area is 118 Å². The molecule has 0 fully saturated rings. The van der Waals surface area contributed by atoms with Crippen molar-refractivity contribution in [3.8, 4) is 0 Å². The second-order valence-electron chi connectivity index (χ2n) is 5.66. The monoisotopic (exact) mass is 282 g/mol. The van der Waals surface area contributed by atoms with Gasteiger partial charge in [-0.2, -0.15) is 0 Å². The molecule has 1 nitrogen and oxygen atoms in total. The SMILES string of the molecule is CC1(C)CC(=O)C=C(Cc2c(Cl)cccc2Cl)C1. The summed E-state index contributed by atoms with van der Waals surface area (Å²) < 4.78 is 0. The molecule has 3 heteroatoms. The van der Waals surface area contributed by atoms with Crippen LogP contribution in [0.3, 0.4) is 0 Å². The molecule has 0 saturated heterocycles. The van der Waals surface area contributed by atoms with Gasteiger partial charge in [0, 0.05) is 16.5 Å². The largest absolute Gasteiger partial charge is 0.295 e. The van der Waals surface area contributed by atoms with Gasteiger partial charge in [-0.15, -0.1) is 0 Å². The average Bonchev–Trinajstić information content (AvgIpc) is 2.21. The van der Waals surface area contributed by atoms with Crippen LogP contribution in [0.2, 0.25) is 10.0 Å². The zero-order valence-corrected chi connectivity index (χ0v) is 12.1. The minimum Gasteiger partial charge on any atom is -0.295 e. The van der Waals surface area contributed by atoms with Crippen LogP contribution in [0, 0.1) is 5.41 Å². The van der Waals surface area contributed by atoms with E-state index in [1.54, 1.807) is 6.08 Å². The van der Waals surface area contributed by atoms with Gasteiger partial charge in [-0.1, -0.05) is 48.7 Å². The maximum atomic E-state index is 11.7. The first-order valence-corrected chi connectivity index (χ1v) is 6.78. The lowest BCUT2D eigenvalue weighted by Crippen LogP contribution is -2.22. The first-order chi connectivity index (χ1) is 8.37. The summed E-state index contributed by atoms with van der Waals surface area (Å²) >= 11 is 12.3. The molecular weight excluding hydrogens is 267 g/mol. The van der Waals surface area contributed by atoms with E-state index >= 15 is 0 Å². The van der Waals surface area contributed by atoms with E-state index in [2.05, 4.69) is 13.8 Å². The molecule has 1 aliphatic carbocycles. The van der Waals surface area contributed by atoms with Gasteiger partial charge < -0.3 is 0 Å². The molecule has 1 aromatic carbocycles. The second kappa shape index (κ2) is 5.07. The van der Waals surface area contributed by atoms with Gasteiger partial charge in [0.05, 0.1) is 0 Å². The van der Waals surface area contributed by atoms with Crippen LogP contribution >= 0.6 is 23.2 Å². The van der Waals surface area contributed by atoms with Gasteiger partial charge >= 0.3 is 0 Å². The third kappa shape index (κ3) is 3.15. The zero-order valence-electron chi connectivity index (χ0n) is 10.6. The predicted molar refractivity (Wildman–Crippen MR) is 76.3 cm³/mol. The van der Waals surface area contributed by atoms with E-state index in [1.807, 2.05) is 18.2 Å². The molecule has 0 N–H and O–H groups in total. The Balaban J connectivity index is 2.27. The smallest absolute Gasteiger partial charge is 0.156 e. The summed E-state index contributed by atoms with van der Waals surface area (Å²) in [7, 11) is 0. The highest BCUT2D eigenvalue weighted by atomic mass is 35.5. The molecule has 0 bridgehead atoms. The number of hydrogen-bond acceptors (Lipinski definition) is 1. The molecule has 0 spiro atoms. The number of carbonyl (C=O) groups excluding carboxylic acids is 1. The Morgan fingerprint density at radius 1 is 1.17 bits per heavy atom. The summed E-state index contributed by atoms with van der Waals surface area (Å²) in [5.41, 5.74) is 2.07. The van der Waals surface area contributed by atoms with Crippen molar-refractivity contribution in [2.45, 2.75) is 33.1 Å². The third-order valence-electron chi connectivity index (χ3n) is 3.19. The van der Waals surface area contributed by atoms with Crippen LogP contribution in [-0.4, -0.2) is 5.78 Å². The third-order valence-corrected chi connectivity index (χ3v) is 3.90. The van der Waals surface area contributed by atoms with Gasteiger partial charge in [0.25, 0.3) is 0 Å². The van der Waals surface area contributed by atoms with Gasteiger partial charge in [-0.05, 0) is 42.0 Å². The molecule has 1 aliphatic rings.